The monoisotopic (exact) mass is 338 g/mol. The third kappa shape index (κ3) is 4.21. The quantitative estimate of drug-likeness (QED) is 0.798. The summed E-state index contributed by atoms with van der Waals surface area (Å²) in [4.78, 5) is 36.5. The van der Waals surface area contributed by atoms with Crippen LogP contribution in [0.5, 0.6) is 5.75 Å². The number of amides is 2. The Labute approximate surface area is 138 Å². The van der Waals surface area contributed by atoms with Gasteiger partial charge >= 0.3 is 5.97 Å². The van der Waals surface area contributed by atoms with Gasteiger partial charge in [0.15, 0.2) is 18.2 Å². The highest BCUT2D eigenvalue weighted by Gasteiger charge is 2.26. The van der Waals surface area contributed by atoms with E-state index in [1.165, 1.54) is 24.1 Å². The van der Waals surface area contributed by atoms with E-state index in [0.29, 0.717) is 25.9 Å². The molecule has 1 saturated heterocycles. The van der Waals surface area contributed by atoms with E-state index in [2.05, 4.69) is 0 Å². The van der Waals surface area contributed by atoms with E-state index in [1.807, 2.05) is 0 Å². The fourth-order valence-electron chi connectivity index (χ4n) is 2.51. The molecule has 0 aliphatic carbocycles. The number of methoxy groups -OCH3 is 1. The Balaban J connectivity index is 1.84. The van der Waals surface area contributed by atoms with E-state index in [9.17, 15) is 18.8 Å². The van der Waals surface area contributed by atoms with Crippen LogP contribution in [0.3, 0.4) is 0 Å². The van der Waals surface area contributed by atoms with Crippen LogP contribution in [-0.4, -0.2) is 49.5 Å². The van der Waals surface area contributed by atoms with Crippen LogP contribution >= 0.6 is 0 Å². The van der Waals surface area contributed by atoms with Gasteiger partial charge in [0.1, 0.15) is 0 Å². The van der Waals surface area contributed by atoms with E-state index in [0.717, 1.165) is 6.07 Å². The normalized spacial score (nSPS) is 15.0. The molecule has 0 atom stereocenters. The first-order chi connectivity index (χ1) is 11.4. The second-order valence-electron chi connectivity index (χ2n) is 5.48. The first-order valence-electron chi connectivity index (χ1n) is 7.50. The molecule has 0 spiro atoms. The molecule has 130 valence electrons. The second kappa shape index (κ2) is 7.76. The summed E-state index contributed by atoms with van der Waals surface area (Å²) in [5.41, 5.74) is 5.23. The number of primary amides is 1. The molecule has 7 nitrogen and oxygen atoms in total. The minimum Gasteiger partial charge on any atom is -0.494 e. The highest BCUT2D eigenvalue weighted by Crippen LogP contribution is 2.19. The van der Waals surface area contributed by atoms with Crippen molar-refractivity contribution >= 4 is 17.8 Å². The zero-order chi connectivity index (χ0) is 17.7. The number of benzene rings is 1. The summed E-state index contributed by atoms with van der Waals surface area (Å²) in [6, 6.07) is 3.65. The molecule has 24 heavy (non-hydrogen) atoms. The van der Waals surface area contributed by atoms with E-state index >= 15 is 0 Å². The van der Waals surface area contributed by atoms with Crippen LogP contribution in [0, 0.1) is 11.7 Å². The number of piperidine rings is 1. The van der Waals surface area contributed by atoms with Gasteiger partial charge in [-0.15, -0.1) is 0 Å². The molecule has 1 fully saturated rings. The van der Waals surface area contributed by atoms with Crippen molar-refractivity contribution < 1.29 is 28.2 Å². The maximum absolute atomic E-state index is 13.6. The average Bonchev–Trinajstić information content (AvgIpc) is 2.59. The molecule has 1 aliphatic rings. The van der Waals surface area contributed by atoms with Gasteiger partial charge in [0, 0.05) is 19.0 Å². The Bertz CT molecular complexity index is 641. The molecule has 1 heterocycles. The van der Waals surface area contributed by atoms with Crippen LogP contribution in [0.25, 0.3) is 0 Å². The minimum absolute atomic E-state index is 0.00598. The molecule has 1 aliphatic heterocycles. The van der Waals surface area contributed by atoms with Crippen LogP contribution in [0.1, 0.15) is 23.2 Å². The molecule has 1 aromatic carbocycles. The summed E-state index contributed by atoms with van der Waals surface area (Å²) in [6.07, 6.45) is 0.997. The van der Waals surface area contributed by atoms with Gasteiger partial charge in [-0.3, -0.25) is 9.59 Å². The van der Waals surface area contributed by atoms with Gasteiger partial charge < -0.3 is 20.1 Å². The number of likely N-dealkylation sites (tertiary alicyclic amines) is 1. The third-order valence-electron chi connectivity index (χ3n) is 3.96. The van der Waals surface area contributed by atoms with Gasteiger partial charge in [0.25, 0.3) is 5.91 Å². The second-order valence-corrected chi connectivity index (χ2v) is 5.48. The number of nitrogens with zero attached hydrogens (tertiary/aromatic N) is 1. The predicted molar refractivity (Wildman–Crippen MR) is 81.7 cm³/mol. The van der Waals surface area contributed by atoms with Crippen molar-refractivity contribution in [2.45, 2.75) is 12.8 Å². The Morgan fingerprint density at radius 3 is 2.50 bits per heavy atom. The molecule has 0 aromatic heterocycles. The maximum atomic E-state index is 13.6. The number of nitrogens with two attached hydrogens (primary N) is 1. The minimum atomic E-state index is -0.795. The van der Waals surface area contributed by atoms with Gasteiger partial charge in [-0.25, -0.2) is 9.18 Å². The summed E-state index contributed by atoms with van der Waals surface area (Å²) in [6.45, 7) is 0.343. The van der Waals surface area contributed by atoms with Crippen molar-refractivity contribution in [2.24, 2.45) is 11.7 Å². The Hall–Kier alpha value is -2.64. The first kappa shape index (κ1) is 17.7. The van der Waals surface area contributed by atoms with Crippen molar-refractivity contribution in [3.8, 4) is 5.75 Å². The smallest absolute Gasteiger partial charge is 0.338 e. The van der Waals surface area contributed by atoms with Gasteiger partial charge in [-0.2, -0.15) is 0 Å². The van der Waals surface area contributed by atoms with Gasteiger partial charge in [-0.1, -0.05) is 0 Å². The van der Waals surface area contributed by atoms with E-state index in [-0.39, 0.29) is 29.0 Å². The van der Waals surface area contributed by atoms with E-state index in [1.54, 1.807) is 0 Å². The molecule has 0 radical (unpaired) electrons. The highest BCUT2D eigenvalue weighted by atomic mass is 19.1. The molecule has 0 saturated carbocycles. The Morgan fingerprint density at radius 1 is 1.29 bits per heavy atom. The summed E-state index contributed by atoms with van der Waals surface area (Å²) in [5, 5.41) is 0. The molecule has 8 heteroatoms. The summed E-state index contributed by atoms with van der Waals surface area (Å²) in [7, 11) is 1.32. The van der Waals surface area contributed by atoms with Crippen LogP contribution in [0.15, 0.2) is 18.2 Å². The summed E-state index contributed by atoms with van der Waals surface area (Å²) in [5.74, 6) is -2.42. The molecular weight excluding hydrogens is 319 g/mol. The van der Waals surface area contributed by atoms with Gasteiger partial charge in [0.2, 0.25) is 5.91 Å². The lowest BCUT2D eigenvalue weighted by Gasteiger charge is -2.30. The highest BCUT2D eigenvalue weighted by molar-refractivity contribution is 5.91. The largest absolute Gasteiger partial charge is 0.494 e. The lowest BCUT2D eigenvalue weighted by Crippen LogP contribution is -2.43. The lowest BCUT2D eigenvalue weighted by atomic mass is 9.96. The Kier molecular flexibility index (Phi) is 5.73. The number of hydrogen-bond acceptors (Lipinski definition) is 5. The first-order valence-corrected chi connectivity index (χ1v) is 7.50. The zero-order valence-electron chi connectivity index (χ0n) is 13.3. The predicted octanol–water partition coefficient (Wildman–Crippen LogP) is 0.715. The molecule has 1 aromatic rings. The van der Waals surface area contributed by atoms with Crippen LogP contribution in [-0.2, 0) is 14.3 Å². The number of carbonyl (C=O) groups is 3. The van der Waals surface area contributed by atoms with E-state index in [4.69, 9.17) is 15.2 Å². The van der Waals surface area contributed by atoms with Crippen LogP contribution < -0.4 is 10.5 Å². The molecular formula is C16H19FN2O5. The summed E-state index contributed by atoms with van der Waals surface area (Å²) < 4.78 is 23.2. The molecule has 2 rings (SSSR count). The number of carbonyl (C=O) groups excluding carboxylic acids is 3. The Morgan fingerprint density at radius 2 is 1.96 bits per heavy atom. The van der Waals surface area contributed by atoms with Gasteiger partial charge in [-0.05, 0) is 31.0 Å². The topological polar surface area (TPSA) is 98.9 Å². The van der Waals surface area contributed by atoms with Crippen molar-refractivity contribution in [3.63, 3.8) is 0 Å². The van der Waals surface area contributed by atoms with Crippen molar-refractivity contribution in [2.75, 3.05) is 26.8 Å². The molecule has 2 amide bonds. The van der Waals surface area contributed by atoms with E-state index < -0.39 is 18.4 Å². The average molecular weight is 338 g/mol. The van der Waals surface area contributed by atoms with Crippen LogP contribution in [0.2, 0.25) is 0 Å². The molecule has 0 bridgehead atoms. The standard InChI is InChI=1S/C16H19FN2O5/c1-23-13-3-2-11(8-12(13)17)16(22)24-9-14(20)19-6-4-10(5-7-19)15(18)21/h2-3,8,10H,4-7,9H2,1H3,(H2,18,21). The fourth-order valence-corrected chi connectivity index (χ4v) is 2.51. The number of halogens is 1. The summed E-state index contributed by atoms with van der Waals surface area (Å²) >= 11 is 0. The third-order valence-corrected chi connectivity index (χ3v) is 3.96. The van der Waals surface area contributed by atoms with Crippen molar-refractivity contribution in [3.05, 3.63) is 29.6 Å². The number of ether oxygens (including phenoxy) is 2. The fraction of sp³-hybridized carbons (Fsp3) is 0.438. The zero-order valence-corrected chi connectivity index (χ0v) is 13.3. The number of hydrogen-bond donors (Lipinski definition) is 1. The maximum Gasteiger partial charge on any atom is 0.338 e. The molecule has 0 unspecified atom stereocenters. The molecule has 2 N–H and O–H groups in total. The number of esters is 1. The SMILES string of the molecule is COc1ccc(C(=O)OCC(=O)N2CCC(C(N)=O)CC2)cc1F. The van der Waals surface area contributed by atoms with Crippen molar-refractivity contribution in [1.82, 2.24) is 4.90 Å². The lowest BCUT2D eigenvalue weighted by molar-refractivity contribution is -0.137. The number of rotatable bonds is 5. The van der Waals surface area contributed by atoms with Crippen molar-refractivity contribution in [1.29, 1.82) is 0 Å². The van der Waals surface area contributed by atoms with Crippen LogP contribution in [0.4, 0.5) is 4.39 Å². The van der Waals surface area contributed by atoms with Gasteiger partial charge in [0.05, 0.1) is 12.7 Å².